The van der Waals surface area contributed by atoms with Crippen LogP contribution in [0.25, 0.3) is 0 Å². The molecule has 0 radical (unpaired) electrons. The van der Waals surface area contributed by atoms with Gasteiger partial charge in [0, 0.05) is 0 Å². The van der Waals surface area contributed by atoms with Gasteiger partial charge in [-0.2, -0.15) is 0 Å². The first-order valence-corrected chi connectivity index (χ1v) is 70.7. The highest BCUT2D eigenvalue weighted by atomic mass is 15.9. The van der Waals surface area contributed by atoms with Gasteiger partial charge in [-0.15, -0.1) is 0 Å². The van der Waals surface area contributed by atoms with Crippen molar-refractivity contribution in [3.05, 3.63) is 152 Å². The predicted molar refractivity (Wildman–Crippen MR) is 453 cm³/mol. The molecule has 0 heteroatoms. The summed E-state index contributed by atoms with van der Waals surface area (Å²) in [6.07, 6.45) is 15.7. The lowest BCUT2D eigenvalue weighted by molar-refractivity contribution is -1.22. The highest BCUT2D eigenvalue weighted by molar-refractivity contribution is 6.87. The molecule has 0 saturated heterocycles. The van der Waals surface area contributed by atoms with E-state index in [1.54, 1.807) is 0 Å². The zero-order valence-corrected chi connectivity index (χ0v) is 77.6. The molecule has 0 nitrogen and oxygen atoms in total. The van der Waals surface area contributed by atoms with Gasteiger partial charge in [0.25, 0.3) is 0 Å². The van der Waals surface area contributed by atoms with Gasteiger partial charge in [-0.05, 0) is 809 Å². The van der Waals surface area contributed by atoms with Crippen LogP contribution in [0.5, 0.6) is 0 Å². The third kappa shape index (κ3) is 1.04. The molecule has 103 rings (SSSR count). The zero-order valence-electron chi connectivity index (χ0n) is 77.6. The van der Waals surface area contributed by atoms with E-state index in [2.05, 4.69) is 0 Å². The molecular weight excluding hydrogens is 1710 g/mol. The van der Waals surface area contributed by atoms with E-state index in [-0.39, 0.29) is 0 Å². The Kier molecular flexibility index (Phi) is 2.40. The van der Waals surface area contributed by atoms with Crippen molar-refractivity contribution < 1.29 is 0 Å². The molecule has 0 amide bonds. The maximum Gasteiger partial charge on any atom is -0.0000807 e. The van der Waals surface area contributed by atoms with Gasteiger partial charge in [0.15, 0.2) is 0 Å². The maximum absolute atomic E-state index is 2.01. The van der Waals surface area contributed by atoms with Crippen molar-refractivity contribution >= 4 is 0 Å². The summed E-state index contributed by atoms with van der Waals surface area (Å²) < 4.78 is 0. The van der Waals surface area contributed by atoms with Crippen molar-refractivity contribution in [1.29, 1.82) is 0 Å². The van der Waals surface area contributed by atoms with Crippen molar-refractivity contribution in [1.82, 2.24) is 0 Å². The summed E-state index contributed by atoms with van der Waals surface area (Å²) in [5.41, 5.74) is 77.4. The average molecular weight is 1790 g/mol. The van der Waals surface area contributed by atoms with E-state index in [4.69, 9.17) is 0 Å². The molecule has 103 saturated carbocycles. The number of hydrogen-bond donors (Lipinski definition) is 0. The second-order valence-corrected chi connectivity index (χ2v) is 93.2. The highest BCUT2D eigenvalue weighted by Gasteiger charge is 3.86. The quantitative estimate of drug-likeness (QED) is 0.227. The van der Waals surface area contributed by atoms with Crippen LogP contribution in [0.2, 0.25) is 0 Å². The van der Waals surface area contributed by atoms with Crippen LogP contribution in [0.4, 0.5) is 0 Å². The van der Waals surface area contributed by atoms with Crippen LogP contribution in [0.15, 0.2) is 0 Å². The van der Waals surface area contributed by atoms with Crippen molar-refractivity contribution in [3.8, 4) is 0 Å². The van der Waals surface area contributed by atoms with E-state index >= 15 is 0 Å². The van der Waals surface area contributed by atoms with Crippen molar-refractivity contribution in [3.63, 3.8) is 0 Å². The molecule has 0 aliphatic heterocycles. The molecule has 0 N–H and O–H groups in total. The first-order valence-electron chi connectivity index (χ1n) is 70.7. The van der Waals surface area contributed by atoms with E-state index < -0.39 is 0 Å². The van der Waals surface area contributed by atoms with Crippen molar-refractivity contribution in [2.24, 2.45) is 606 Å². The van der Waals surface area contributed by atoms with Crippen LogP contribution in [-0.2, 0) is 0 Å². The van der Waals surface area contributed by atoms with E-state index in [0.717, 1.165) is 379 Å². The summed E-state index contributed by atoms with van der Waals surface area (Å²) in [6, 6.07) is 0. The lowest BCUT2D eigenvalue weighted by atomic mass is 8.24. The normalized spacial score (nSPS) is 145. The molecule has 103 aliphatic rings. The summed E-state index contributed by atoms with van der Waals surface area (Å²) in [7, 11) is 0. The number of fused-ring (bicyclic) bond motifs is 35. The molecule has 103 fully saturated rings. The van der Waals surface area contributed by atoms with Crippen LogP contribution < -0.4 is 0 Å². The molecule has 134 unspecified atom stereocenters. The predicted octanol–water partition coefficient (Wildman–Crippen LogP) is 13.3. The third-order valence-corrected chi connectivity index (χ3v) is 125. The lowest BCUT2D eigenvalue weighted by Gasteiger charge is -3.78. The first-order chi connectivity index (χ1) is 70.7. The van der Waals surface area contributed by atoms with E-state index in [9.17, 15) is 0 Å². The lowest BCUT2D eigenvalue weighted by Crippen LogP contribution is -3.74. The van der Waals surface area contributed by atoms with Gasteiger partial charge in [0.05, 0.1) is 0 Å². The molecule has 0 aromatic heterocycles. The summed E-state index contributed by atoms with van der Waals surface area (Å²) in [4.78, 5) is 0. The monoisotopic (exact) mass is 1780 g/mol. The minimum absolute atomic E-state index is 0.930. The topological polar surface area (TPSA) is 0 Å². The summed E-state index contributed by atoms with van der Waals surface area (Å²) in [5.74, 6) is 91.7. The standard InChI is InChI=1S/C142H80/c1-2-73-7-10-3-9(1)18-45-50-52-54-56-57-59-60-58-55-53-51-49-37-15-5-14-36-48-46-21-12-4-11-19(12)28-20(11)31-39(28)76-41(31)33-27-34-42-32-26-24-23-22-13-6-16-75(13)38(22)29(23)25(24)30(26)40(32)77(42,44(34)35(27)43(33)76)84-68-63-61-64-71-105(75)79(16)17(8-73)80(73)72-74(10)66(18)82(45)88(50)91(52)92(54)94(56)96(57)98(59)100(60)99(58)97(55)95(53)93(51)90(49)86(37)78(14,15)85(36)87(48)81(46)47(21)62-67-83(76)69-65-70(84)109-104(65)108(69)114(83)106(67)89(62,81)117(87)116(85,86)120(90)133(93)127(95)125(97)129(99)134(100)128(98)124(96)123(94)122(92)121(91)119(88)112(74,82)111(72)113(79,80)118(105)110(71)103(64)101(61)102(63)107(68)115(84,109)142(134,139(109,129)132(104,125)138(108,127)141(114,133)135(106,117)120)137(107,128)131(102,124)126(101,123)130(103,122)136(110,121)140(111,118)119/h9-72H,1-8H2. The van der Waals surface area contributed by atoms with Crippen LogP contribution in [0.3, 0.4) is 0 Å². The van der Waals surface area contributed by atoms with E-state index in [1.165, 1.54) is 379 Å². The van der Waals surface area contributed by atoms with Gasteiger partial charge in [-0.25, -0.2) is 0 Å². The number of rotatable bonds is 0. The van der Waals surface area contributed by atoms with Gasteiger partial charge >= 0.3 is 0 Å². The Bertz CT molecular complexity index is 11500. The number of hydrogen-bond acceptors (Lipinski definition) is 0. The van der Waals surface area contributed by atoms with Gasteiger partial charge in [-0.1, -0.05) is 0 Å². The largest absolute Gasteiger partial charge is 0.0496 e. The first kappa shape index (κ1) is 47.4. The third-order valence-electron chi connectivity index (χ3n) is 125. The maximum atomic E-state index is 2.01. The Labute approximate surface area is 803 Å². The molecule has 3 bridgehead atoms. The Morgan fingerprint density at radius 3 is 1.15 bits per heavy atom. The highest BCUT2D eigenvalue weighted by Crippen LogP contribution is 3.91. The fourth-order valence-corrected chi connectivity index (χ4v) is 161. The molecule has 0 aromatic rings. The molecule has 70 spiro atoms. The van der Waals surface area contributed by atoms with Gasteiger partial charge in [-0.3, -0.25) is 0 Å². The fourth-order valence-electron chi connectivity index (χ4n) is 161. The van der Waals surface area contributed by atoms with E-state index in [0.29, 0.717) is 0 Å². The summed E-state index contributed by atoms with van der Waals surface area (Å²) >= 11 is 0. The second kappa shape index (κ2) is 7.19. The zero-order chi connectivity index (χ0) is 77.6. The molecule has 648 valence electrons. The summed E-state index contributed by atoms with van der Waals surface area (Å²) in [6.45, 7) is 0. The van der Waals surface area contributed by atoms with Crippen LogP contribution >= 0.6 is 0 Å². The minimum Gasteiger partial charge on any atom is -0.0496 e. The Morgan fingerprint density at radius 2 is 0.528 bits per heavy atom. The Morgan fingerprint density at radius 1 is 0.148 bits per heavy atom. The molecule has 142 heavy (non-hydrogen) atoms. The smallest absolute Gasteiger partial charge is 0.0000807 e. The van der Waals surface area contributed by atoms with Crippen molar-refractivity contribution in [2.45, 2.75) is 51.4 Å². The second-order valence-electron chi connectivity index (χ2n) is 93.2. The molecular formula is C142H80. The average Bonchev–Trinajstić information content (AvgIpc) is 0.400. The minimum atomic E-state index is 0.930. The van der Waals surface area contributed by atoms with Gasteiger partial charge in [0.1, 0.15) is 0 Å². The molecule has 134 atom stereocenters. The Balaban J connectivity index is 0.485. The fraction of sp³-hybridized carbons (Fsp3) is 1.00. The van der Waals surface area contributed by atoms with E-state index in [1.807, 2.05) is 51.4 Å². The molecule has 0 aromatic carbocycles. The van der Waals surface area contributed by atoms with Gasteiger partial charge in [0.2, 0.25) is 0 Å². The SMILES string of the molecule is C1CC23CC4CC1C1C5C6C7C8C9C%10C%11C%12C%13C%14C%15C%16C%17C%18C%19CC%20C%21C%22C%23C%24C%25CC%26C%25C%25C%26C%26C%25C%25%27C%26C%26C%28C(C%26%25)C%25C%28C%26C%28C%29C%30C%31C%29C%28C%25%26C%25%26C%28C%29C%32C%33C%34C%35%36C%37%38C(CC%37C%35%37C(C2)C32C3C4%35C1C51C64C75C86C97C%108C%119C%12%10C%13%11C%14%12C%15%13C%16%14C%17%15C%18%16C%20%19C%21%17C%22%18C%23%19C%24C%20C%21C%27%22C%23C%24C%25C%25%27C%24%39C%23%24C%22%23C%21%22C%20%19C%18%19C%17%16C%15%16C%22%19C%23%15C%14%16C%13%14C%12%13C%39(C%24%14%15)C%25%12C%11%13C%10%11C9%10C89C78C67C56C45C%351C31C2%37C%362C%343C%334C%32%13C%29%14C%28%15C%26%27C%12%11C%15%10C%149C%138C47C36C125)C1C%30C%31C1%38. The van der Waals surface area contributed by atoms with Crippen LogP contribution in [0.1, 0.15) is 51.4 Å². The van der Waals surface area contributed by atoms with Crippen molar-refractivity contribution in [2.75, 3.05) is 0 Å². The van der Waals surface area contributed by atoms with Crippen LogP contribution in [-0.4, -0.2) is 0 Å². The van der Waals surface area contributed by atoms with Gasteiger partial charge < -0.3 is 0 Å². The Hall–Kier alpha value is 0. The summed E-state index contributed by atoms with van der Waals surface area (Å²) in [5, 5.41) is 0. The molecule has 103 aliphatic carbocycles. The van der Waals surface area contributed by atoms with Crippen LogP contribution in [0, 0.1) is 758 Å². The molecule has 0 heterocycles.